The molecule has 0 unspecified atom stereocenters. The van der Waals surface area contributed by atoms with E-state index in [1.54, 1.807) is 32.9 Å². The number of aliphatic hydroxyl groups excluding tert-OH is 1. The van der Waals surface area contributed by atoms with Gasteiger partial charge in [-0.1, -0.05) is 0 Å². The minimum atomic E-state index is -0.643. The molecule has 3 aliphatic rings. The fourth-order valence-electron chi connectivity index (χ4n) is 4.73. The van der Waals surface area contributed by atoms with Gasteiger partial charge in [0.05, 0.1) is 11.7 Å². The van der Waals surface area contributed by atoms with Crippen molar-refractivity contribution in [2.75, 3.05) is 0 Å². The maximum Gasteiger partial charge on any atom is 0.341 e. The Hall–Kier alpha value is -1.46. The lowest BCUT2D eigenvalue weighted by molar-refractivity contribution is 0.00639. The second-order valence-corrected chi connectivity index (χ2v) is 9.49. The number of hydrogen-bond acceptors (Lipinski definition) is 4. The van der Waals surface area contributed by atoms with Gasteiger partial charge in [-0.25, -0.2) is 9.18 Å². The standard InChI is InChI=1S/C22H30FNO3/c1-22(2,3)27-21(26)19-11-18(13-4-5-13)14(8-20(19)23)12-24-15-6-7-16(24)10-17(25)9-15/h8,11,13,15-17,25H,4-7,9-10,12H2,1-3H3/t15-,16+,17-. The van der Waals surface area contributed by atoms with Gasteiger partial charge >= 0.3 is 5.97 Å². The van der Waals surface area contributed by atoms with Crippen LogP contribution in [0, 0.1) is 5.82 Å². The van der Waals surface area contributed by atoms with Crippen molar-refractivity contribution in [1.29, 1.82) is 0 Å². The normalized spacial score (nSPS) is 28.4. The molecule has 1 aliphatic carbocycles. The number of fused-ring (bicyclic) bond motifs is 2. The molecule has 2 saturated heterocycles. The molecule has 0 radical (unpaired) electrons. The molecule has 0 amide bonds. The SMILES string of the molecule is CC(C)(C)OC(=O)c1cc(C2CC2)c(CN2[C@@H]3CC[C@H]2C[C@H](O)C3)cc1F. The Balaban J connectivity index is 1.60. The van der Waals surface area contributed by atoms with Gasteiger partial charge in [0.15, 0.2) is 0 Å². The molecule has 27 heavy (non-hydrogen) atoms. The Morgan fingerprint density at radius 1 is 1.19 bits per heavy atom. The average molecular weight is 375 g/mol. The van der Waals surface area contributed by atoms with Gasteiger partial charge in [0, 0.05) is 18.6 Å². The van der Waals surface area contributed by atoms with Crippen molar-refractivity contribution in [1.82, 2.24) is 4.90 Å². The smallest absolute Gasteiger partial charge is 0.341 e. The van der Waals surface area contributed by atoms with E-state index >= 15 is 0 Å². The van der Waals surface area contributed by atoms with Crippen molar-refractivity contribution in [2.45, 2.75) is 95.5 Å². The first-order chi connectivity index (χ1) is 12.7. The summed E-state index contributed by atoms with van der Waals surface area (Å²) in [4.78, 5) is 14.9. The lowest BCUT2D eigenvalue weighted by Gasteiger charge is -2.37. The van der Waals surface area contributed by atoms with Gasteiger partial charge in [0.1, 0.15) is 11.4 Å². The molecule has 2 bridgehead atoms. The Kier molecular flexibility index (Phi) is 4.79. The van der Waals surface area contributed by atoms with Gasteiger partial charge in [-0.05, 0) is 88.5 Å². The molecule has 4 rings (SSSR count). The van der Waals surface area contributed by atoms with Crippen LogP contribution < -0.4 is 0 Å². The van der Waals surface area contributed by atoms with Crippen LogP contribution in [0.5, 0.6) is 0 Å². The second kappa shape index (κ2) is 6.85. The number of aliphatic hydroxyl groups is 1. The molecule has 5 heteroatoms. The summed E-state index contributed by atoms with van der Waals surface area (Å²) in [5, 5.41) is 10.0. The molecule has 1 aromatic rings. The number of hydrogen-bond donors (Lipinski definition) is 1. The number of halogens is 1. The number of nitrogens with zero attached hydrogens (tertiary/aromatic N) is 1. The molecule has 4 nitrogen and oxygen atoms in total. The predicted molar refractivity (Wildman–Crippen MR) is 101 cm³/mol. The summed E-state index contributed by atoms with van der Waals surface area (Å²) in [6, 6.07) is 4.06. The summed E-state index contributed by atoms with van der Waals surface area (Å²) >= 11 is 0. The zero-order valence-corrected chi connectivity index (χ0v) is 16.5. The average Bonchev–Trinajstić information content (AvgIpc) is 3.34. The number of piperidine rings is 1. The minimum absolute atomic E-state index is 0.0487. The van der Waals surface area contributed by atoms with Gasteiger partial charge in [0.2, 0.25) is 0 Å². The van der Waals surface area contributed by atoms with Gasteiger partial charge in [-0.3, -0.25) is 4.90 Å². The van der Waals surface area contributed by atoms with Crippen molar-refractivity contribution in [3.05, 3.63) is 34.6 Å². The van der Waals surface area contributed by atoms with E-state index in [4.69, 9.17) is 4.74 Å². The van der Waals surface area contributed by atoms with E-state index in [1.807, 2.05) is 0 Å². The van der Waals surface area contributed by atoms with Gasteiger partial charge in [-0.2, -0.15) is 0 Å². The summed E-state index contributed by atoms with van der Waals surface area (Å²) in [5.41, 5.74) is 1.50. The first-order valence-electron chi connectivity index (χ1n) is 10.2. The molecule has 2 heterocycles. The van der Waals surface area contributed by atoms with E-state index in [-0.39, 0.29) is 11.7 Å². The highest BCUT2D eigenvalue weighted by Gasteiger charge is 2.41. The molecule has 1 saturated carbocycles. The van der Waals surface area contributed by atoms with E-state index in [2.05, 4.69) is 4.90 Å². The molecule has 1 aromatic carbocycles. The highest BCUT2D eigenvalue weighted by molar-refractivity contribution is 5.90. The molecular weight excluding hydrogens is 345 g/mol. The second-order valence-electron chi connectivity index (χ2n) is 9.49. The van der Waals surface area contributed by atoms with Gasteiger partial charge in [0.25, 0.3) is 0 Å². The van der Waals surface area contributed by atoms with Crippen molar-refractivity contribution in [3.8, 4) is 0 Å². The summed E-state index contributed by atoms with van der Waals surface area (Å²) in [6.45, 7) is 6.08. The van der Waals surface area contributed by atoms with Crippen LogP contribution in [-0.2, 0) is 11.3 Å². The summed E-state index contributed by atoms with van der Waals surface area (Å²) in [7, 11) is 0. The third kappa shape index (κ3) is 4.04. The third-order valence-electron chi connectivity index (χ3n) is 6.08. The number of rotatable bonds is 4. The lowest BCUT2D eigenvalue weighted by Crippen LogP contribution is -2.44. The van der Waals surface area contributed by atoms with Crippen LogP contribution in [0.2, 0.25) is 0 Å². The summed E-state index contributed by atoms with van der Waals surface area (Å²) in [5.74, 6) is -0.655. The molecule has 3 atom stereocenters. The van der Waals surface area contributed by atoms with E-state index in [1.165, 1.54) is 0 Å². The number of carbonyl (C=O) groups is 1. The molecule has 3 fully saturated rings. The number of esters is 1. The minimum Gasteiger partial charge on any atom is -0.456 e. The Morgan fingerprint density at radius 3 is 2.37 bits per heavy atom. The Bertz CT molecular complexity index is 724. The maximum atomic E-state index is 14.8. The van der Waals surface area contributed by atoms with E-state index in [0.717, 1.165) is 49.7 Å². The highest BCUT2D eigenvalue weighted by Crippen LogP contribution is 2.44. The molecule has 0 aromatic heterocycles. The molecule has 148 valence electrons. The topological polar surface area (TPSA) is 49.8 Å². The number of benzene rings is 1. The van der Waals surface area contributed by atoms with Crippen molar-refractivity contribution < 1.29 is 19.0 Å². The maximum absolute atomic E-state index is 14.8. The monoisotopic (exact) mass is 375 g/mol. The number of ether oxygens (including phenoxy) is 1. The van der Waals surface area contributed by atoms with Crippen LogP contribution >= 0.6 is 0 Å². The van der Waals surface area contributed by atoms with Crippen LogP contribution in [0.4, 0.5) is 4.39 Å². The quantitative estimate of drug-likeness (QED) is 0.804. The van der Waals surface area contributed by atoms with Crippen LogP contribution in [0.1, 0.15) is 86.7 Å². The van der Waals surface area contributed by atoms with Crippen LogP contribution in [0.25, 0.3) is 0 Å². The van der Waals surface area contributed by atoms with E-state index in [9.17, 15) is 14.3 Å². The van der Waals surface area contributed by atoms with E-state index in [0.29, 0.717) is 24.5 Å². The zero-order chi connectivity index (χ0) is 19.3. The van der Waals surface area contributed by atoms with Crippen molar-refractivity contribution in [3.63, 3.8) is 0 Å². The first kappa shape index (κ1) is 18.9. The largest absolute Gasteiger partial charge is 0.456 e. The van der Waals surface area contributed by atoms with Crippen LogP contribution in [-0.4, -0.2) is 39.8 Å². The molecule has 0 spiro atoms. The molecule has 1 N–H and O–H groups in total. The van der Waals surface area contributed by atoms with Crippen molar-refractivity contribution >= 4 is 5.97 Å². The number of carbonyl (C=O) groups excluding carboxylic acids is 1. The summed E-state index contributed by atoms with van der Waals surface area (Å²) < 4.78 is 20.2. The lowest BCUT2D eigenvalue weighted by atomic mass is 9.95. The molecule has 2 aliphatic heterocycles. The van der Waals surface area contributed by atoms with Crippen LogP contribution in [0.15, 0.2) is 12.1 Å². The zero-order valence-electron chi connectivity index (χ0n) is 16.5. The molecular formula is C22H30FNO3. The van der Waals surface area contributed by atoms with Gasteiger partial charge in [-0.15, -0.1) is 0 Å². The predicted octanol–water partition coefficient (Wildman–Crippen LogP) is 4.15. The van der Waals surface area contributed by atoms with E-state index < -0.39 is 17.4 Å². The third-order valence-corrected chi connectivity index (χ3v) is 6.08. The fourth-order valence-corrected chi connectivity index (χ4v) is 4.73. The van der Waals surface area contributed by atoms with Crippen molar-refractivity contribution in [2.24, 2.45) is 0 Å². The summed E-state index contributed by atoms with van der Waals surface area (Å²) in [6.07, 6.45) is 5.84. The highest BCUT2D eigenvalue weighted by atomic mass is 19.1. The Morgan fingerprint density at radius 2 is 1.81 bits per heavy atom. The van der Waals surface area contributed by atoms with Crippen LogP contribution in [0.3, 0.4) is 0 Å². The van der Waals surface area contributed by atoms with Gasteiger partial charge < -0.3 is 9.84 Å². The fraction of sp³-hybridized carbons (Fsp3) is 0.682. The Labute approximate surface area is 160 Å². The first-order valence-corrected chi connectivity index (χ1v) is 10.2.